The fraction of sp³-hybridized carbons (Fsp3) is 0.643. The molecule has 1 heterocycles. The standard InChI is InChI=1S/C14H26N4O2S/c1-6-15-13-12(8-7-9-16-13)21(19,20)17-10-14(2,3)11-18(4)5/h7-9,17H,6,10-11H2,1-5H3,(H,15,16). The third-order valence-corrected chi connectivity index (χ3v) is 4.32. The molecule has 6 nitrogen and oxygen atoms in total. The maximum Gasteiger partial charge on any atom is 0.244 e. The number of aromatic nitrogens is 1. The summed E-state index contributed by atoms with van der Waals surface area (Å²) in [4.78, 5) is 6.32. The summed E-state index contributed by atoms with van der Waals surface area (Å²) in [6, 6.07) is 3.19. The van der Waals surface area contributed by atoms with Crippen LogP contribution in [0.15, 0.2) is 23.2 Å². The first-order valence-electron chi connectivity index (χ1n) is 7.01. The van der Waals surface area contributed by atoms with E-state index in [4.69, 9.17) is 0 Å². The number of hydrogen-bond acceptors (Lipinski definition) is 5. The zero-order valence-electron chi connectivity index (χ0n) is 13.5. The number of rotatable bonds is 8. The van der Waals surface area contributed by atoms with Crippen molar-refractivity contribution in [2.75, 3.05) is 39.0 Å². The van der Waals surface area contributed by atoms with Crippen LogP contribution in [0.25, 0.3) is 0 Å². The minimum atomic E-state index is -3.58. The Morgan fingerprint density at radius 1 is 1.33 bits per heavy atom. The summed E-state index contributed by atoms with van der Waals surface area (Å²) in [7, 11) is 0.370. The van der Waals surface area contributed by atoms with Gasteiger partial charge in [-0.2, -0.15) is 0 Å². The highest BCUT2D eigenvalue weighted by Gasteiger charge is 2.24. The number of sulfonamides is 1. The molecule has 7 heteroatoms. The van der Waals surface area contributed by atoms with Gasteiger partial charge >= 0.3 is 0 Å². The van der Waals surface area contributed by atoms with E-state index >= 15 is 0 Å². The fourth-order valence-electron chi connectivity index (χ4n) is 2.19. The highest BCUT2D eigenvalue weighted by atomic mass is 32.2. The third-order valence-electron chi connectivity index (χ3n) is 2.89. The molecular formula is C14H26N4O2S. The smallest absolute Gasteiger partial charge is 0.244 e. The molecule has 0 saturated heterocycles. The molecule has 0 saturated carbocycles. The largest absolute Gasteiger partial charge is 0.369 e. The Bertz CT molecular complexity index is 556. The predicted molar refractivity (Wildman–Crippen MR) is 85.9 cm³/mol. The van der Waals surface area contributed by atoms with Crippen molar-refractivity contribution in [1.29, 1.82) is 0 Å². The maximum absolute atomic E-state index is 12.5. The van der Waals surface area contributed by atoms with Gasteiger partial charge in [-0.1, -0.05) is 13.8 Å². The van der Waals surface area contributed by atoms with Crippen molar-refractivity contribution in [3.8, 4) is 0 Å². The van der Waals surface area contributed by atoms with Crippen LogP contribution in [-0.4, -0.2) is 52.0 Å². The van der Waals surface area contributed by atoms with Gasteiger partial charge in [-0.25, -0.2) is 18.1 Å². The number of anilines is 1. The van der Waals surface area contributed by atoms with E-state index in [1.807, 2.05) is 39.8 Å². The lowest BCUT2D eigenvalue weighted by Gasteiger charge is -2.28. The van der Waals surface area contributed by atoms with E-state index in [9.17, 15) is 8.42 Å². The first-order chi connectivity index (χ1) is 9.68. The van der Waals surface area contributed by atoms with Gasteiger partial charge in [0.15, 0.2) is 0 Å². The Hall–Kier alpha value is -1.18. The molecule has 0 aromatic carbocycles. The van der Waals surface area contributed by atoms with Gasteiger partial charge in [0, 0.05) is 25.8 Å². The third kappa shape index (κ3) is 5.61. The van der Waals surface area contributed by atoms with Crippen LogP contribution in [-0.2, 0) is 10.0 Å². The number of pyridine rings is 1. The molecule has 0 bridgehead atoms. The first-order valence-corrected chi connectivity index (χ1v) is 8.49. The summed E-state index contributed by atoms with van der Waals surface area (Å²) in [5.74, 6) is 0.387. The minimum absolute atomic E-state index is 0.156. The quantitative estimate of drug-likeness (QED) is 0.758. The molecule has 0 amide bonds. The summed E-state index contributed by atoms with van der Waals surface area (Å²) in [5.41, 5.74) is -0.156. The fourth-order valence-corrected chi connectivity index (χ4v) is 3.56. The Balaban J connectivity index is 2.88. The molecule has 0 unspecified atom stereocenters. The lowest BCUT2D eigenvalue weighted by Crippen LogP contribution is -2.40. The van der Waals surface area contributed by atoms with Crippen LogP contribution in [0.5, 0.6) is 0 Å². The van der Waals surface area contributed by atoms with E-state index in [0.29, 0.717) is 18.9 Å². The Labute approximate surface area is 128 Å². The number of nitrogens with zero attached hydrogens (tertiary/aromatic N) is 2. The van der Waals surface area contributed by atoms with Crippen LogP contribution in [0.3, 0.4) is 0 Å². The van der Waals surface area contributed by atoms with Gasteiger partial charge in [-0.05, 0) is 38.6 Å². The summed E-state index contributed by atoms with van der Waals surface area (Å²) in [6.45, 7) is 7.74. The Kier molecular flexibility index (Phi) is 6.12. The van der Waals surface area contributed by atoms with Crippen molar-refractivity contribution in [3.05, 3.63) is 18.3 Å². The molecule has 0 fully saturated rings. The van der Waals surface area contributed by atoms with Gasteiger partial charge in [-0.15, -0.1) is 0 Å². The molecular weight excluding hydrogens is 288 g/mol. The summed E-state index contributed by atoms with van der Waals surface area (Å²) in [5, 5.41) is 2.97. The van der Waals surface area contributed by atoms with Gasteiger partial charge in [0.1, 0.15) is 10.7 Å². The van der Waals surface area contributed by atoms with Crippen LogP contribution in [0.2, 0.25) is 0 Å². The zero-order valence-corrected chi connectivity index (χ0v) is 14.3. The predicted octanol–water partition coefficient (Wildman–Crippen LogP) is 1.38. The van der Waals surface area contributed by atoms with E-state index in [0.717, 1.165) is 6.54 Å². The Morgan fingerprint density at radius 3 is 2.57 bits per heavy atom. The summed E-state index contributed by atoms with van der Waals surface area (Å²) < 4.78 is 27.6. The van der Waals surface area contributed by atoms with E-state index in [-0.39, 0.29) is 10.3 Å². The van der Waals surface area contributed by atoms with Gasteiger partial charge in [0.25, 0.3) is 0 Å². The van der Waals surface area contributed by atoms with Crippen molar-refractivity contribution in [1.82, 2.24) is 14.6 Å². The lowest BCUT2D eigenvalue weighted by atomic mass is 9.93. The average Bonchev–Trinajstić information content (AvgIpc) is 2.36. The number of hydrogen-bond donors (Lipinski definition) is 2. The molecule has 0 spiro atoms. The van der Waals surface area contributed by atoms with E-state index < -0.39 is 10.0 Å². The number of nitrogens with one attached hydrogen (secondary N) is 2. The van der Waals surface area contributed by atoms with Crippen LogP contribution in [0.4, 0.5) is 5.82 Å². The second kappa shape index (κ2) is 7.20. The van der Waals surface area contributed by atoms with Gasteiger partial charge < -0.3 is 10.2 Å². The molecule has 0 radical (unpaired) electrons. The average molecular weight is 314 g/mol. The van der Waals surface area contributed by atoms with Crippen LogP contribution < -0.4 is 10.0 Å². The molecule has 1 aromatic heterocycles. The molecule has 1 rings (SSSR count). The van der Waals surface area contributed by atoms with Crippen molar-refractivity contribution in [2.24, 2.45) is 5.41 Å². The van der Waals surface area contributed by atoms with Crippen molar-refractivity contribution in [3.63, 3.8) is 0 Å². The lowest BCUT2D eigenvalue weighted by molar-refractivity contribution is 0.242. The molecule has 0 aliphatic heterocycles. The zero-order chi connectivity index (χ0) is 16.1. The van der Waals surface area contributed by atoms with Gasteiger partial charge in [0.05, 0.1) is 0 Å². The van der Waals surface area contributed by atoms with Crippen molar-refractivity contribution >= 4 is 15.8 Å². The molecule has 1 aromatic rings. The van der Waals surface area contributed by atoms with Crippen LogP contribution >= 0.6 is 0 Å². The highest BCUT2D eigenvalue weighted by Crippen LogP contribution is 2.20. The maximum atomic E-state index is 12.5. The monoisotopic (exact) mass is 314 g/mol. The normalized spacial score (nSPS) is 12.7. The van der Waals surface area contributed by atoms with Gasteiger partial charge in [0.2, 0.25) is 10.0 Å². The molecule has 0 aliphatic rings. The molecule has 0 aliphatic carbocycles. The Morgan fingerprint density at radius 2 is 2.00 bits per heavy atom. The van der Waals surface area contributed by atoms with E-state index in [1.165, 1.54) is 0 Å². The molecule has 120 valence electrons. The van der Waals surface area contributed by atoms with Crippen LogP contribution in [0.1, 0.15) is 20.8 Å². The van der Waals surface area contributed by atoms with E-state index in [1.54, 1.807) is 18.3 Å². The molecule has 21 heavy (non-hydrogen) atoms. The first kappa shape index (κ1) is 17.9. The van der Waals surface area contributed by atoms with Crippen molar-refractivity contribution < 1.29 is 8.42 Å². The van der Waals surface area contributed by atoms with E-state index in [2.05, 4.69) is 15.0 Å². The highest BCUT2D eigenvalue weighted by molar-refractivity contribution is 7.89. The summed E-state index contributed by atoms with van der Waals surface area (Å²) in [6.07, 6.45) is 1.58. The minimum Gasteiger partial charge on any atom is -0.369 e. The topological polar surface area (TPSA) is 74.3 Å². The second-order valence-electron chi connectivity index (χ2n) is 6.11. The second-order valence-corrected chi connectivity index (χ2v) is 7.84. The van der Waals surface area contributed by atoms with Gasteiger partial charge in [-0.3, -0.25) is 0 Å². The summed E-state index contributed by atoms with van der Waals surface area (Å²) >= 11 is 0. The SMILES string of the molecule is CCNc1ncccc1S(=O)(=O)NCC(C)(C)CN(C)C. The molecule has 2 N–H and O–H groups in total. The van der Waals surface area contributed by atoms with Crippen molar-refractivity contribution in [2.45, 2.75) is 25.7 Å². The van der Waals surface area contributed by atoms with Crippen LogP contribution in [0, 0.1) is 5.41 Å². The molecule has 0 atom stereocenters.